The first-order valence-corrected chi connectivity index (χ1v) is 12.2. The number of nitrogens with zero attached hydrogens (tertiary/aromatic N) is 2. The standard InChI is InChI=1S/C22H33N3O5S/c1-4-24(5-2)14-6-7-20(23-22(26)27)17-31(28,29)25-15-12-19(13-16-25)18-8-10-21(30-3)11-9-18/h8-11,19-20,23H,4-5,12-17H2,1-3H3,(H,26,27). The molecule has 1 aliphatic heterocycles. The molecule has 1 aromatic carbocycles. The van der Waals surface area contributed by atoms with E-state index in [1.165, 1.54) is 9.87 Å². The number of methoxy groups -OCH3 is 1. The number of benzene rings is 1. The van der Waals surface area contributed by atoms with E-state index in [4.69, 9.17) is 9.84 Å². The van der Waals surface area contributed by atoms with Crippen LogP contribution in [0, 0.1) is 11.8 Å². The van der Waals surface area contributed by atoms with E-state index in [0.717, 1.165) is 31.7 Å². The number of sulfonamides is 1. The van der Waals surface area contributed by atoms with Gasteiger partial charge in [0.1, 0.15) is 11.8 Å². The molecule has 1 amide bonds. The Morgan fingerprint density at radius 2 is 1.87 bits per heavy atom. The normalized spacial score (nSPS) is 16.4. The van der Waals surface area contributed by atoms with Crippen molar-refractivity contribution in [2.45, 2.75) is 38.6 Å². The molecule has 31 heavy (non-hydrogen) atoms. The summed E-state index contributed by atoms with van der Waals surface area (Å²) in [5.41, 5.74) is 1.17. The summed E-state index contributed by atoms with van der Waals surface area (Å²) in [6, 6.07) is 6.91. The monoisotopic (exact) mass is 451 g/mol. The molecule has 1 heterocycles. The quantitative estimate of drug-likeness (QED) is 0.559. The molecule has 0 aromatic heterocycles. The number of hydrogen-bond acceptors (Lipinski definition) is 5. The maximum absolute atomic E-state index is 12.9. The first-order valence-electron chi connectivity index (χ1n) is 10.6. The van der Waals surface area contributed by atoms with Gasteiger partial charge in [0.2, 0.25) is 10.0 Å². The van der Waals surface area contributed by atoms with Crippen molar-refractivity contribution in [3.63, 3.8) is 0 Å². The minimum absolute atomic E-state index is 0.291. The highest BCUT2D eigenvalue weighted by atomic mass is 32.2. The van der Waals surface area contributed by atoms with Gasteiger partial charge in [-0.15, -0.1) is 0 Å². The van der Waals surface area contributed by atoms with E-state index >= 15 is 0 Å². The molecule has 1 atom stereocenters. The molecule has 0 radical (unpaired) electrons. The van der Waals surface area contributed by atoms with Crippen molar-refractivity contribution < 1.29 is 23.1 Å². The molecule has 9 heteroatoms. The van der Waals surface area contributed by atoms with E-state index in [1.54, 1.807) is 7.11 Å². The number of carbonyl (C=O) groups is 1. The zero-order valence-electron chi connectivity index (χ0n) is 18.5. The highest BCUT2D eigenvalue weighted by Gasteiger charge is 2.31. The van der Waals surface area contributed by atoms with Crippen LogP contribution in [0.4, 0.5) is 4.79 Å². The molecule has 1 unspecified atom stereocenters. The minimum atomic E-state index is -3.63. The van der Waals surface area contributed by atoms with E-state index in [2.05, 4.69) is 22.1 Å². The highest BCUT2D eigenvalue weighted by Crippen LogP contribution is 2.30. The summed E-state index contributed by atoms with van der Waals surface area (Å²) in [5, 5.41) is 11.3. The molecule has 1 saturated heterocycles. The lowest BCUT2D eigenvalue weighted by Gasteiger charge is -2.32. The van der Waals surface area contributed by atoms with E-state index in [9.17, 15) is 13.2 Å². The topological polar surface area (TPSA) is 99.2 Å². The van der Waals surface area contributed by atoms with Crippen LogP contribution < -0.4 is 10.1 Å². The summed E-state index contributed by atoms with van der Waals surface area (Å²) < 4.78 is 32.5. The van der Waals surface area contributed by atoms with Gasteiger partial charge in [0.25, 0.3) is 0 Å². The van der Waals surface area contributed by atoms with E-state index in [-0.39, 0.29) is 5.75 Å². The van der Waals surface area contributed by atoms with Gasteiger partial charge in [0, 0.05) is 13.1 Å². The fourth-order valence-corrected chi connectivity index (χ4v) is 5.22. The molecule has 2 N–H and O–H groups in total. The Labute approximate surface area is 185 Å². The Kier molecular flexibility index (Phi) is 9.62. The fraction of sp³-hybridized carbons (Fsp3) is 0.591. The van der Waals surface area contributed by atoms with Crippen LogP contribution in [0.1, 0.15) is 38.2 Å². The smallest absolute Gasteiger partial charge is 0.405 e. The molecule has 0 bridgehead atoms. The summed E-state index contributed by atoms with van der Waals surface area (Å²) in [7, 11) is -2.01. The first-order chi connectivity index (χ1) is 14.8. The van der Waals surface area contributed by atoms with Crippen molar-refractivity contribution in [1.29, 1.82) is 0 Å². The summed E-state index contributed by atoms with van der Waals surface area (Å²) in [4.78, 5) is 13.2. The van der Waals surface area contributed by atoms with Gasteiger partial charge in [-0.25, -0.2) is 17.5 Å². The van der Waals surface area contributed by atoms with Crippen LogP contribution in [0.3, 0.4) is 0 Å². The number of ether oxygens (including phenoxy) is 1. The number of amides is 1. The Bertz CT molecular complexity index is 865. The van der Waals surface area contributed by atoms with Gasteiger partial charge in [-0.2, -0.15) is 0 Å². The lowest BCUT2D eigenvalue weighted by molar-refractivity contribution is 0.193. The second-order valence-corrected chi connectivity index (χ2v) is 9.52. The average molecular weight is 452 g/mol. The zero-order chi connectivity index (χ0) is 22.9. The van der Waals surface area contributed by atoms with Crippen molar-refractivity contribution in [2.75, 3.05) is 45.6 Å². The van der Waals surface area contributed by atoms with Gasteiger partial charge in [-0.1, -0.05) is 37.8 Å². The third-order valence-corrected chi connectivity index (χ3v) is 7.49. The van der Waals surface area contributed by atoms with Gasteiger partial charge in [-0.3, -0.25) is 4.90 Å². The van der Waals surface area contributed by atoms with Crippen molar-refractivity contribution >= 4 is 16.1 Å². The van der Waals surface area contributed by atoms with Gasteiger partial charge in [-0.05, 0) is 49.5 Å². The van der Waals surface area contributed by atoms with Gasteiger partial charge in [0.05, 0.1) is 19.4 Å². The summed E-state index contributed by atoms with van der Waals surface area (Å²) in [5.74, 6) is 6.42. The lowest BCUT2D eigenvalue weighted by Crippen LogP contribution is -2.45. The molecule has 172 valence electrons. The first kappa shape index (κ1) is 25.0. The van der Waals surface area contributed by atoms with E-state index < -0.39 is 22.2 Å². The predicted octanol–water partition coefficient (Wildman–Crippen LogP) is 2.19. The maximum Gasteiger partial charge on any atom is 0.405 e. The minimum Gasteiger partial charge on any atom is -0.497 e. The largest absolute Gasteiger partial charge is 0.497 e. The van der Waals surface area contributed by atoms with Crippen molar-refractivity contribution in [3.8, 4) is 17.6 Å². The van der Waals surface area contributed by atoms with Crippen LogP contribution in [0.5, 0.6) is 5.75 Å². The number of piperidine rings is 1. The summed E-state index contributed by atoms with van der Waals surface area (Å²) >= 11 is 0. The van der Waals surface area contributed by atoms with Crippen LogP contribution in [0.15, 0.2) is 24.3 Å². The van der Waals surface area contributed by atoms with E-state index in [0.29, 0.717) is 25.6 Å². The molecule has 1 fully saturated rings. The molecule has 2 rings (SSSR count). The third kappa shape index (κ3) is 7.73. The molecule has 8 nitrogen and oxygen atoms in total. The predicted molar refractivity (Wildman–Crippen MR) is 121 cm³/mol. The zero-order valence-corrected chi connectivity index (χ0v) is 19.3. The molecule has 0 spiro atoms. The van der Waals surface area contributed by atoms with Crippen molar-refractivity contribution in [2.24, 2.45) is 0 Å². The number of nitrogens with one attached hydrogen (secondary N) is 1. The third-order valence-electron chi connectivity index (χ3n) is 5.58. The molecule has 0 aliphatic carbocycles. The van der Waals surface area contributed by atoms with Crippen molar-refractivity contribution in [1.82, 2.24) is 14.5 Å². The Morgan fingerprint density at radius 3 is 2.39 bits per heavy atom. The summed E-state index contributed by atoms with van der Waals surface area (Å²) in [6.45, 7) is 6.96. The van der Waals surface area contributed by atoms with E-state index in [1.807, 2.05) is 38.1 Å². The van der Waals surface area contributed by atoms with Crippen LogP contribution in [-0.2, 0) is 10.0 Å². The maximum atomic E-state index is 12.9. The Morgan fingerprint density at radius 1 is 1.26 bits per heavy atom. The molecule has 0 saturated carbocycles. The average Bonchev–Trinajstić information content (AvgIpc) is 2.76. The Hall–Kier alpha value is -2.28. The highest BCUT2D eigenvalue weighted by molar-refractivity contribution is 7.89. The fourth-order valence-electron chi connectivity index (χ4n) is 3.66. The number of carboxylic acid groups (broad SMARTS) is 1. The van der Waals surface area contributed by atoms with Crippen molar-refractivity contribution in [3.05, 3.63) is 29.8 Å². The van der Waals surface area contributed by atoms with Crippen LogP contribution >= 0.6 is 0 Å². The van der Waals surface area contributed by atoms with Crippen LogP contribution in [0.2, 0.25) is 0 Å². The summed E-state index contributed by atoms with van der Waals surface area (Å²) in [6.07, 6.45) is 0.155. The molecular weight excluding hydrogens is 418 g/mol. The van der Waals surface area contributed by atoms with Crippen LogP contribution in [0.25, 0.3) is 0 Å². The van der Waals surface area contributed by atoms with Gasteiger partial charge in [0.15, 0.2) is 0 Å². The SMILES string of the molecule is CCN(CC)CC#CC(CS(=O)(=O)N1CCC(c2ccc(OC)cc2)CC1)NC(=O)O. The number of hydrogen-bond donors (Lipinski definition) is 2. The van der Waals surface area contributed by atoms with Crippen LogP contribution in [-0.4, -0.2) is 80.5 Å². The molecular formula is C22H33N3O5S. The molecule has 1 aromatic rings. The second-order valence-electron chi connectivity index (χ2n) is 7.51. The van der Waals surface area contributed by atoms with Gasteiger partial charge < -0.3 is 15.2 Å². The lowest BCUT2D eigenvalue weighted by atomic mass is 9.90. The number of rotatable bonds is 9. The van der Waals surface area contributed by atoms with Gasteiger partial charge >= 0.3 is 6.09 Å². The second kappa shape index (κ2) is 11.9. The Balaban J connectivity index is 1.99. The molecule has 1 aliphatic rings.